The fourth-order valence-corrected chi connectivity index (χ4v) is 2.49. The van der Waals surface area contributed by atoms with Gasteiger partial charge in [-0.1, -0.05) is 0 Å². The van der Waals surface area contributed by atoms with Crippen LogP contribution in [0.15, 0.2) is 0 Å². The van der Waals surface area contributed by atoms with E-state index in [1.807, 2.05) is 20.8 Å². The van der Waals surface area contributed by atoms with Gasteiger partial charge in [0.05, 0.1) is 12.6 Å². The van der Waals surface area contributed by atoms with E-state index in [0.717, 1.165) is 0 Å². The molecule has 1 fully saturated rings. The molecular formula is C11H21N2O4+. The van der Waals surface area contributed by atoms with Gasteiger partial charge < -0.3 is 10.2 Å². The van der Waals surface area contributed by atoms with Gasteiger partial charge in [-0.25, -0.2) is 9.28 Å². The van der Waals surface area contributed by atoms with E-state index in [0.29, 0.717) is 13.1 Å². The van der Waals surface area contributed by atoms with Crippen molar-refractivity contribution in [2.45, 2.75) is 39.3 Å². The smallest absolute Gasteiger partial charge is 0.465 e. The van der Waals surface area contributed by atoms with Crippen LogP contribution in [0.25, 0.3) is 0 Å². The lowest BCUT2D eigenvalue weighted by Gasteiger charge is -2.49. The molecule has 1 unspecified atom stereocenters. The molecule has 1 heterocycles. The number of hydrogen-bond acceptors (Lipinski definition) is 2. The maximum absolute atomic E-state index is 11.6. The van der Waals surface area contributed by atoms with Gasteiger partial charge >= 0.3 is 12.2 Å². The van der Waals surface area contributed by atoms with E-state index in [2.05, 4.69) is 0 Å². The quantitative estimate of drug-likeness (QED) is 0.636. The maximum Gasteiger partial charge on any atom is 0.514 e. The second-order valence-corrected chi connectivity index (χ2v) is 5.65. The Morgan fingerprint density at radius 2 is 1.82 bits per heavy atom. The molecule has 1 rings (SSSR count). The lowest BCUT2D eigenvalue weighted by Crippen LogP contribution is -2.72. The molecule has 17 heavy (non-hydrogen) atoms. The van der Waals surface area contributed by atoms with Crippen molar-refractivity contribution < 1.29 is 24.3 Å². The highest BCUT2D eigenvalue weighted by atomic mass is 16.4. The van der Waals surface area contributed by atoms with E-state index in [-0.39, 0.29) is 17.1 Å². The third kappa shape index (κ3) is 2.22. The summed E-state index contributed by atoms with van der Waals surface area (Å²) in [6.45, 7) is 8.29. The van der Waals surface area contributed by atoms with Crippen LogP contribution in [0, 0.1) is 0 Å². The van der Waals surface area contributed by atoms with Crippen LogP contribution in [0.5, 0.6) is 0 Å². The number of carboxylic acid groups (broad SMARTS) is 2. The van der Waals surface area contributed by atoms with Crippen molar-refractivity contribution in [3.05, 3.63) is 0 Å². The molecule has 0 aromatic carbocycles. The number of amides is 2. The zero-order valence-electron chi connectivity index (χ0n) is 10.8. The normalized spacial score (nSPS) is 30.1. The average molecular weight is 245 g/mol. The number of piperazine rings is 1. The summed E-state index contributed by atoms with van der Waals surface area (Å²) in [5.74, 6) is 0. The molecule has 0 bridgehead atoms. The minimum atomic E-state index is -0.977. The van der Waals surface area contributed by atoms with Crippen molar-refractivity contribution in [1.29, 1.82) is 0 Å². The van der Waals surface area contributed by atoms with Crippen molar-refractivity contribution in [3.63, 3.8) is 0 Å². The van der Waals surface area contributed by atoms with Gasteiger partial charge in [0.15, 0.2) is 0 Å². The fourth-order valence-electron chi connectivity index (χ4n) is 2.49. The lowest BCUT2D eigenvalue weighted by atomic mass is 9.98. The standard InChI is InChI=1S/C11H20N2O4/c1-8-7-13(10(16)17,11(2,3)4)6-5-12(8)9(14)15/h8H,5-7H2,1-4H3,(H-,14,15,16,17)/p+1/t8-,13?/m0/s1. The SMILES string of the molecule is C[C@H]1C[N+](C(=O)O)(C(C)(C)C)CCN1C(=O)O. The van der Waals surface area contributed by atoms with Gasteiger partial charge in [-0.2, -0.15) is 4.79 Å². The molecule has 0 aromatic rings. The molecule has 0 aliphatic carbocycles. The van der Waals surface area contributed by atoms with Gasteiger partial charge in [0.25, 0.3) is 0 Å². The molecule has 2 amide bonds. The fraction of sp³-hybridized carbons (Fsp3) is 0.818. The summed E-state index contributed by atoms with van der Waals surface area (Å²) in [6.07, 6.45) is -1.86. The highest BCUT2D eigenvalue weighted by Crippen LogP contribution is 2.29. The van der Waals surface area contributed by atoms with Crippen molar-refractivity contribution in [3.8, 4) is 0 Å². The third-order valence-electron chi connectivity index (χ3n) is 3.73. The summed E-state index contributed by atoms with van der Waals surface area (Å²) >= 11 is 0. The minimum absolute atomic E-state index is 0.0854. The highest BCUT2D eigenvalue weighted by molar-refractivity contribution is 5.66. The molecule has 2 atom stereocenters. The van der Waals surface area contributed by atoms with Gasteiger partial charge in [-0.05, 0) is 27.7 Å². The Balaban J connectivity index is 3.01. The van der Waals surface area contributed by atoms with Gasteiger partial charge in [0.1, 0.15) is 18.6 Å². The predicted octanol–water partition coefficient (Wildman–Crippen LogP) is 1.66. The average Bonchev–Trinajstić information content (AvgIpc) is 2.14. The third-order valence-corrected chi connectivity index (χ3v) is 3.73. The number of nitrogens with zero attached hydrogens (tertiary/aromatic N) is 2. The molecule has 1 saturated heterocycles. The number of rotatable bonds is 0. The van der Waals surface area contributed by atoms with Crippen LogP contribution >= 0.6 is 0 Å². The Labute approximate surface area is 101 Å². The first-order valence-corrected chi connectivity index (χ1v) is 5.72. The Bertz CT molecular complexity index is 337. The minimum Gasteiger partial charge on any atom is -0.465 e. The summed E-state index contributed by atoms with van der Waals surface area (Å²) in [7, 11) is 0. The zero-order chi connectivity index (χ0) is 13.4. The largest absolute Gasteiger partial charge is 0.514 e. The first kappa shape index (κ1) is 13.8. The summed E-state index contributed by atoms with van der Waals surface area (Å²) in [6, 6.07) is -0.281. The van der Waals surface area contributed by atoms with Crippen LogP contribution in [0.2, 0.25) is 0 Å². The molecule has 0 radical (unpaired) electrons. The van der Waals surface area contributed by atoms with E-state index < -0.39 is 17.7 Å². The van der Waals surface area contributed by atoms with Crippen LogP contribution in [0.4, 0.5) is 9.59 Å². The molecule has 98 valence electrons. The molecule has 1 aliphatic rings. The van der Waals surface area contributed by atoms with Crippen LogP contribution in [0.1, 0.15) is 27.7 Å². The number of carbonyl (C=O) groups is 2. The summed E-state index contributed by atoms with van der Waals surface area (Å²) in [5.41, 5.74) is -0.440. The van der Waals surface area contributed by atoms with E-state index >= 15 is 0 Å². The molecular weight excluding hydrogens is 224 g/mol. The van der Waals surface area contributed by atoms with Crippen molar-refractivity contribution in [2.24, 2.45) is 0 Å². The maximum atomic E-state index is 11.6. The van der Waals surface area contributed by atoms with Gasteiger partial charge in [-0.3, -0.25) is 4.90 Å². The monoisotopic (exact) mass is 245 g/mol. The molecule has 0 aromatic heterocycles. The summed E-state index contributed by atoms with van der Waals surface area (Å²) < 4.78 is -0.0854. The van der Waals surface area contributed by atoms with E-state index in [9.17, 15) is 14.7 Å². The molecule has 0 saturated carbocycles. The Morgan fingerprint density at radius 3 is 2.12 bits per heavy atom. The van der Waals surface area contributed by atoms with Crippen molar-refractivity contribution in [2.75, 3.05) is 19.6 Å². The topological polar surface area (TPSA) is 77.8 Å². The summed E-state index contributed by atoms with van der Waals surface area (Å²) in [4.78, 5) is 23.8. The Morgan fingerprint density at radius 1 is 1.29 bits per heavy atom. The number of hydrogen-bond donors (Lipinski definition) is 2. The van der Waals surface area contributed by atoms with Crippen LogP contribution in [0.3, 0.4) is 0 Å². The predicted molar refractivity (Wildman–Crippen MR) is 62.0 cm³/mol. The van der Waals surface area contributed by atoms with Gasteiger partial charge in [-0.15, -0.1) is 0 Å². The first-order valence-electron chi connectivity index (χ1n) is 5.72. The van der Waals surface area contributed by atoms with Crippen LogP contribution < -0.4 is 0 Å². The van der Waals surface area contributed by atoms with E-state index in [4.69, 9.17) is 5.11 Å². The molecule has 0 spiro atoms. The molecule has 2 N–H and O–H groups in total. The molecule has 1 aliphatic heterocycles. The second kappa shape index (κ2) is 4.18. The second-order valence-electron chi connectivity index (χ2n) is 5.65. The number of quaternary nitrogens is 1. The summed E-state index contributed by atoms with van der Waals surface area (Å²) in [5, 5.41) is 18.5. The molecule has 6 nitrogen and oxygen atoms in total. The zero-order valence-corrected chi connectivity index (χ0v) is 10.8. The van der Waals surface area contributed by atoms with Crippen LogP contribution in [-0.4, -0.2) is 63.0 Å². The van der Waals surface area contributed by atoms with E-state index in [1.54, 1.807) is 6.92 Å². The van der Waals surface area contributed by atoms with E-state index in [1.165, 1.54) is 4.90 Å². The molecule has 6 heteroatoms. The lowest BCUT2D eigenvalue weighted by molar-refractivity contribution is -0.909. The Hall–Kier alpha value is -1.30. The van der Waals surface area contributed by atoms with Gasteiger partial charge in [0.2, 0.25) is 0 Å². The van der Waals surface area contributed by atoms with Crippen molar-refractivity contribution >= 4 is 12.2 Å². The van der Waals surface area contributed by atoms with Crippen LogP contribution in [-0.2, 0) is 0 Å². The highest BCUT2D eigenvalue weighted by Gasteiger charge is 2.52. The Kier molecular flexibility index (Phi) is 3.38. The van der Waals surface area contributed by atoms with Crippen molar-refractivity contribution in [1.82, 2.24) is 4.90 Å². The van der Waals surface area contributed by atoms with Gasteiger partial charge in [0, 0.05) is 0 Å². The first-order chi connectivity index (χ1) is 7.62.